The first-order chi connectivity index (χ1) is 9.63. The van der Waals surface area contributed by atoms with Crippen LogP contribution >= 0.6 is 0 Å². The molecule has 0 aromatic heterocycles. The van der Waals surface area contributed by atoms with Gasteiger partial charge in [-0.1, -0.05) is 19.1 Å². The Balaban J connectivity index is 2.12. The second-order valence-electron chi connectivity index (χ2n) is 5.62. The molecule has 0 radical (unpaired) electrons. The smallest absolute Gasteiger partial charge is 0.488 e. The first kappa shape index (κ1) is 15.4. The van der Waals surface area contributed by atoms with Gasteiger partial charge in [-0.05, 0) is 43.3 Å². The van der Waals surface area contributed by atoms with Crippen molar-refractivity contribution in [2.45, 2.75) is 32.7 Å². The fraction of sp³-hybridized carbons (Fsp3) is 0.600. The summed E-state index contributed by atoms with van der Waals surface area (Å²) < 4.78 is 5.39. The molecule has 1 aliphatic rings. The molecule has 110 valence electrons. The molecule has 0 heterocycles. The molecule has 2 rings (SSSR count). The third-order valence-corrected chi connectivity index (χ3v) is 3.75. The van der Waals surface area contributed by atoms with Gasteiger partial charge in [0.05, 0.1) is 7.11 Å². The normalized spacial score (nSPS) is 14.7. The third kappa shape index (κ3) is 4.23. The lowest BCUT2D eigenvalue weighted by Crippen LogP contribution is -2.31. The number of hydrogen-bond donors (Lipinski definition) is 2. The Morgan fingerprint density at radius 3 is 2.65 bits per heavy atom. The molecule has 0 unspecified atom stereocenters. The van der Waals surface area contributed by atoms with Crippen molar-refractivity contribution in [2.24, 2.45) is 5.92 Å². The van der Waals surface area contributed by atoms with Crippen LogP contribution in [-0.2, 0) is 6.54 Å². The van der Waals surface area contributed by atoms with Gasteiger partial charge in [0, 0.05) is 18.7 Å². The highest BCUT2D eigenvalue weighted by Gasteiger charge is 2.24. The van der Waals surface area contributed by atoms with Crippen LogP contribution in [0.4, 0.5) is 0 Å². The van der Waals surface area contributed by atoms with Crippen molar-refractivity contribution in [3.63, 3.8) is 0 Å². The number of benzene rings is 1. The van der Waals surface area contributed by atoms with E-state index in [1.165, 1.54) is 12.8 Å². The highest BCUT2D eigenvalue weighted by atomic mass is 16.5. The summed E-state index contributed by atoms with van der Waals surface area (Å²) in [5.74, 6) is 1.66. The van der Waals surface area contributed by atoms with E-state index in [4.69, 9.17) is 4.74 Å². The van der Waals surface area contributed by atoms with Crippen LogP contribution in [0.2, 0.25) is 0 Å². The molecule has 1 aromatic carbocycles. The van der Waals surface area contributed by atoms with Gasteiger partial charge in [-0.15, -0.1) is 0 Å². The maximum Gasteiger partial charge on any atom is 0.488 e. The number of methoxy groups -OCH3 is 1. The van der Waals surface area contributed by atoms with Gasteiger partial charge in [0.25, 0.3) is 0 Å². The average molecular weight is 277 g/mol. The van der Waals surface area contributed by atoms with Gasteiger partial charge in [-0.2, -0.15) is 0 Å². The number of nitrogens with zero attached hydrogens (tertiary/aromatic N) is 1. The highest BCUT2D eigenvalue weighted by Crippen LogP contribution is 2.30. The summed E-state index contributed by atoms with van der Waals surface area (Å²) in [4.78, 5) is 2.43. The predicted octanol–water partition coefficient (Wildman–Crippen LogP) is 0.997. The lowest BCUT2D eigenvalue weighted by molar-refractivity contribution is 0.251. The first-order valence-corrected chi connectivity index (χ1v) is 7.39. The van der Waals surface area contributed by atoms with E-state index in [2.05, 4.69) is 11.8 Å². The molecule has 1 saturated carbocycles. The quantitative estimate of drug-likeness (QED) is 0.696. The first-order valence-electron chi connectivity index (χ1n) is 7.39. The largest absolute Gasteiger partial charge is 0.496 e. The molecular weight excluding hydrogens is 253 g/mol. The van der Waals surface area contributed by atoms with Crippen LogP contribution in [0.15, 0.2) is 18.2 Å². The van der Waals surface area contributed by atoms with Crippen LogP contribution in [0.1, 0.15) is 31.7 Å². The summed E-state index contributed by atoms with van der Waals surface area (Å²) in [6, 6.07) is 5.34. The van der Waals surface area contributed by atoms with Crippen molar-refractivity contribution in [1.82, 2.24) is 4.90 Å². The monoisotopic (exact) mass is 277 g/mol. The minimum Gasteiger partial charge on any atom is -0.496 e. The van der Waals surface area contributed by atoms with Crippen molar-refractivity contribution in [3.05, 3.63) is 23.8 Å². The average Bonchev–Trinajstić information content (AvgIpc) is 3.22. The molecule has 0 atom stereocenters. The predicted molar refractivity (Wildman–Crippen MR) is 81.1 cm³/mol. The molecule has 20 heavy (non-hydrogen) atoms. The molecule has 1 aliphatic carbocycles. The van der Waals surface area contributed by atoms with E-state index in [-0.39, 0.29) is 0 Å². The maximum absolute atomic E-state index is 9.31. The molecule has 4 nitrogen and oxygen atoms in total. The molecule has 2 N–H and O–H groups in total. The zero-order chi connectivity index (χ0) is 14.5. The third-order valence-electron chi connectivity index (χ3n) is 3.75. The lowest BCUT2D eigenvalue weighted by atomic mass is 9.79. The molecule has 1 fully saturated rings. The summed E-state index contributed by atoms with van der Waals surface area (Å²) in [5.41, 5.74) is 1.54. The van der Waals surface area contributed by atoms with E-state index in [9.17, 15) is 10.0 Å². The van der Waals surface area contributed by atoms with Crippen molar-refractivity contribution in [2.75, 3.05) is 20.2 Å². The molecule has 0 bridgehead atoms. The van der Waals surface area contributed by atoms with Gasteiger partial charge in [-0.25, -0.2) is 0 Å². The Bertz CT molecular complexity index is 435. The Morgan fingerprint density at radius 2 is 2.10 bits per heavy atom. The van der Waals surface area contributed by atoms with E-state index < -0.39 is 7.12 Å². The number of ether oxygens (including phenoxy) is 1. The Kier molecular flexibility index (Phi) is 5.46. The molecule has 0 saturated heterocycles. The number of rotatable bonds is 8. The minimum atomic E-state index is -1.43. The fourth-order valence-corrected chi connectivity index (χ4v) is 2.54. The van der Waals surface area contributed by atoms with Crippen LogP contribution in [-0.4, -0.2) is 42.3 Å². The highest BCUT2D eigenvalue weighted by molar-refractivity contribution is 6.58. The van der Waals surface area contributed by atoms with Gasteiger partial charge >= 0.3 is 7.12 Å². The summed E-state index contributed by atoms with van der Waals surface area (Å²) in [6.07, 6.45) is 3.80. The Labute approximate surface area is 121 Å². The van der Waals surface area contributed by atoms with E-state index in [0.717, 1.165) is 43.3 Å². The minimum absolute atomic E-state index is 0.517. The van der Waals surface area contributed by atoms with Gasteiger partial charge in [0.1, 0.15) is 5.75 Å². The molecule has 0 aliphatic heterocycles. The van der Waals surface area contributed by atoms with E-state index >= 15 is 0 Å². The van der Waals surface area contributed by atoms with Crippen LogP contribution in [0.25, 0.3) is 0 Å². The second-order valence-corrected chi connectivity index (χ2v) is 5.62. The molecule has 5 heteroatoms. The Hall–Kier alpha value is -1.04. The van der Waals surface area contributed by atoms with E-state index in [0.29, 0.717) is 5.46 Å². The Morgan fingerprint density at radius 1 is 1.35 bits per heavy atom. The summed E-state index contributed by atoms with van der Waals surface area (Å²) in [6.45, 7) is 5.17. The van der Waals surface area contributed by atoms with Crippen molar-refractivity contribution < 1.29 is 14.8 Å². The molecule has 1 aromatic rings. The summed E-state index contributed by atoms with van der Waals surface area (Å²) in [7, 11) is 0.224. The van der Waals surface area contributed by atoms with Crippen LogP contribution in [0.5, 0.6) is 5.75 Å². The lowest BCUT2D eigenvalue weighted by Gasteiger charge is -2.23. The van der Waals surface area contributed by atoms with Gasteiger partial charge in [0.15, 0.2) is 0 Å². The van der Waals surface area contributed by atoms with Crippen LogP contribution in [0.3, 0.4) is 0 Å². The topological polar surface area (TPSA) is 52.9 Å². The fourth-order valence-electron chi connectivity index (χ4n) is 2.54. The van der Waals surface area contributed by atoms with E-state index in [1.807, 2.05) is 12.1 Å². The van der Waals surface area contributed by atoms with Crippen molar-refractivity contribution >= 4 is 12.6 Å². The zero-order valence-corrected chi connectivity index (χ0v) is 12.4. The van der Waals surface area contributed by atoms with E-state index in [1.54, 1.807) is 13.2 Å². The van der Waals surface area contributed by atoms with Gasteiger partial charge < -0.3 is 14.8 Å². The van der Waals surface area contributed by atoms with Crippen molar-refractivity contribution in [1.29, 1.82) is 0 Å². The van der Waals surface area contributed by atoms with Crippen molar-refractivity contribution in [3.8, 4) is 5.75 Å². The molecule has 0 spiro atoms. The summed E-state index contributed by atoms with van der Waals surface area (Å²) >= 11 is 0. The second kappa shape index (κ2) is 7.11. The van der Waals surface area contributed by atoms with Gasteiger partial charge in [0.2, 0.25) is 0 Å². The maximum atomic E-state index is 9.31. The SMILES string of the molecule is CCCN(Cc1cc(B(O)O)ccc1OC)CC1CC1. The summed E-state index contributed by atoms with van der Waals surface area (Å²) in [5, 5.41) is 18.6. The standard InChI is InChI=1S/C15H24BNO3/c1-3-8-17(10-12-4-5-12)11-13-9-14(16(18)19)6-7-15(13)20-2/h6-7,9,12,18-19H,3-5,8,10-11H2,1-2H3. The zero-order valence-electron chi connectivity index (χ0n) is 12.4. The molecular formula is C15H24BNO3. The van der Waals surface area contributed by atoms with Crippen LogP contribution in [0, 0.1) is 5.92 Å². The van der Waals surface area contributed by atoms with Gasteiger partial charge in [-0.3, -0.25) is 4.90 Å². The van der Waals surface area contributed by atoms with Crippen LogP contribution < -0.4 is 10.2 Å². The number of hydrogen-bond acceptors (Lipinski definition) is 4. The molecule has 0 amide bonds.